The van der Waals surface area contributed by atoms with Crippen molar-refractivity contribution in [3.8, 4) is 11.1 Å². The molecule has 0 saturated heterocycles. The molecule has 27 heavy (non-hydrogen) atoms. The van der Waals surface area contributed by atoms with Gasteiger partial charge in [-0.05, 0) is 53.9 Å². The van der Waals surface area contributed by atoms with Gasteiger partial charge in [0.05, 0.1) is 11.6 Å². The van der Waals surface area contributed by atoms with Gasteiger partial charge in [-0.25, -0.2) is 0 Å². The number of carbonyl (C=O) groups excluding carboxylic acids is 1. The van der Waals surface area contributed by atoms with E-state index in [-0.39, 0.29) is 11.9 Å². The lowest BCUT2D eigenvalue weighted by molar-refractivity contribution is -0.137. The molecule has 6 heteroatoms. The summed E-state index contributed by atoms with van der Waals surface area (Å²) in [6.45, 7) is 1.86. The Morgan fingerprint density at radius 3 is 2.22 bits per heavy atom. The quantitative estimate of drug-likeness (QED) is 0.681. The summed E-state index contributed by atoms with van der Waals surface area (Å²) in [5.74, 6) is -0.296. The Morgan fingerprint density at radius 1 is 0.963 bits per heavy atom. The Balaban J connectivity index is 1.86. The van der Waals surface area contributed by atoms with Crippen molar-refractivity contribution in [2.24, 2.45) is 0 Å². The van der Waals surface area contributed by atoms with E-state index < -0.39 is 11.7 Å². The topological polar surface area (TPSA) is 42.0 Å². The van der Waals surface area contributed by atoms with E-state index in [4.69, 9.17) is 0 Å². The van der Waals surface area contributed by atoms with Crippen LogP contribution in [0.1, 0.15) is 34.5 Å². The molecule has 1 N–H and O–H groups in total. The molecule has 0 aliphatic carbocycles. The third-order valence-corrected chi connectivity index (χ3v) is 4.25. The zero-order valence-electron chi connectivity index (χ0n) is 14.5. The number of nitrogens with one attached hydrogen (secondary N) is 1. The van der Waals surface area contributed by atoms with E-state index in [1.807, 2.05) is 19.1 Å². The van der Waals surface area contributed by atoms with Crippen LogP contribution in [0.15, 0.2) is 73.1 Å². The summed E-state index contributed by atoms with van der Waals surface area (Å²) in [5, 5.41) is 2.91. The number of hydrogen-bond acceptors (Lipinski definition) is 2. The molecule has 0 saturated carbocycles. The van der Waals surface area contributed by atoms with E-state index in [0.717, 1.165) is 17.7 Å². The molecule has 0 aliphatic rings. The molecule has 138 valence electrons. The molecule has 0 spiro atoms. The van der Waals surface area contributed by atoms with E-state index >= 15 is 0 Å². The van der Waals surface area contributed by atoms with Crippen LogP contribution < -0.4 is 5.32 Å². The predicted molar refractivity (Wildman–Crippen MR) is 97.0 cm³/mol. The molecule has 1 atom stereocenters. The lowest BCUT2D eigenvalue weighted by Crippen LogP contribution is -2.27. The summed E-state index contributed by atoms with van der Waals surface area (Å²) in [4.78, 5) is 16.7. The van der Waals surface area contributed by atoms with Crippen LogP contribution in [0, 0.1) is 0 Å². The number of alkyl halides is 3. The molecular formula is C21H17F3N2O. The molecule has 0 bridgehead atoms. The van der Waals surface area contributed by atoms with Gasteiger partial charge in [0, 0.05) is 18.0 Å². The number of halogens is 3. The first-order valence-electron chi connectivity index (χ1n) is 8.33. The van der Waals surface area contributed by atoms with E-state index in [1.165, 1.54) is 12.1 Å². The molecule has 3 aromatic rings. The lowest BCUT2D eigenvalue weighted by Gasteiger charge is -2.16. The van der Waals surface area contributed by atoms with Crippen molar-refractivity contribution >= 4 is 5.91 Å². The SMILES string of the molecule is CC(NC(=O)c1ccccc1-c1ccc(C(F)(F)F)cc1)c1ccncc1. The van der Waals surface area contributed by atoms with Crippen LogP contribution in [-0.4, -0.2) is 10.9 Å². The first-order valence-corrected chi connectivity index (χ1v) is 8.33. The summed E-state index contributed by atoms with van der Waals surface area (Å²) in [6.07, 6.45) is -1.10. The van der Waals surface area contributed by atoms with Crippen LogP contribution in [0.25, 0.3) is 11.1 Å². The second-order valence-electron chi connectivity index (χ2n) is 6.10. The largest absolute Gasteiger partial charge is 0.416 e. The number of amides is 1. The van der Waals surface area contributed by atoms with Crippen molar-refractivity contribution in [2.45, 2.75) is 19.1 Å². The third-order valence-electron chi connectivity index (χ3n) is 4.25. The van der Waals surface area contributed by atoms with Crippen molar-refractivity contribution in [2.75, 3.05) is 0 Å². The van der Waals surface area contributed by atoms with Crippen molar-refractivity contribution in [1.29, 1.82) is 0 Å². The third kappa shape index (κ3) is 4.34. The van der Waals surface area contributed by atoms with Crippen LogP contribution in [0.5, 0.6) is 0 Å². The maximum absolute atomic E-state index is 12.8. The molecule has 3 nitrogen and oxygen atoms in total. The molecule has 0 fully saturated rings. The summed E-state index contributed by atoms with van der Waals surface area (Å²) in [6, 6.07) is 15.0. The summed E-state index contributed by atoms with van der Waals surface area (Å²) >= 11 is 0. The fraction of sp³-hybridized carbons (Fsp3) is 0.143. The number of pyridine rings is 1. The Labute approximate surface area is 154 Å². The van der Waals surface area contributed by atoms with Crippen LogP contribution in [-0.2, 0) is 6.18 Å². The minimum atomic E-state index is -4.39. The van der Waals surface area contributed by atoms with Gasteiger partial charge in [0.1, 0.15) is 0 Å². The fourth-order valence-corrected chi connectivity index (χ4v) is 2.78. The van der Waals surface area contributed by atoms with Crippen LogP contribution in [0.3, 0.4) is 0 Å². The van der Waals surface area contributed by atoms with Gasteiger partial charge >= 0.3 is 6.18 Å². The Kier molecular flexibility index (Phi) is 5.26. The van der Waals surface area contributed by atoms with Crippen molar-refractivity contribution in [1.82, 2.24) is 10.3 Å². The van der Waals surface area contributed by atoms with E-state index in [9.17, 15) is 18.0 Å². The van der Waals surface area contributed by atoms with Gasteiger partial charge in [-0.2, -0.15) is 13.2 Å². The second kappa shape index (κ2) is 7.61. The average Bonchev–Trinajstić information content (AvgIpc) is 2.68. The predicted octanol–water partition coefficient (Wildman–Crippen LogP) is 5.26. The van der Waals surface area contributed by atoms with Crippen molar-refractivity contribution < 1.29 is 18.0 Å². The molecule has 1 heterocycles. The average molecular weight is 370 g/mol. The molecule has 2 aromatic carbocycles. The number of aromatic nitrogens is 1. The number of hydrogen-bond donors (Lipinski definition) is 1. The van der Waals surface area contributed by atoms with Crippen molar-refractivity contribution in [3.63, 3.8) is 0 Å². The lowest BCUT2D eigenvalue weighted by atomic mass is 9.97. The van der Waals surface area contributed by atoms with Gasteiger partial charge in [-0.3, -0.25) is 9.78 Å². The maximum atomic E-state index is 12.8. The standard InChI is InChI=1S/C21H17F3N2O/c1-14(15-10-12-25-13-11-15)26-20(27)19-5-3-2-4-18(19)16-6-8-17(9-7-16)21(22,23)24/h2-14H,1H3,(H,26,27). The van der Waals surface area contributed by atoms with Crippen LogP contribution in [0.4, 0.5) is 13.2 Å². The van der Waals surface area contributed by atoms with Gasteiger partial charge in [0.25, 0.3) is 5.91 Å². The van der Waals surface area contributed by atoms with Gasteiger partial charge in [-0.1, -0.05) is 30.3 Å². The first kappa shape index (κ1) is 18.6. The summed E-state index contributed by atoms with van der Waals surface area (Å²) < 4.78 is 38.3. The van der Waals surface area contributed by atoms with E-state index in [2.05, 4.69) is 10.3 Å². The number of benzene rings is 2. The zero-order chi connectivity index (χ0) is 19.4. The monoisotopic (exact) mass is 370 g/mol. The molecule has 3 rings (SSSR count). The van der Waals surface area contributed by atoms with Gasteiger partial charge in [-0.15, -0.1) is 0 Å². The minimum Gasteiger partial charge on any atom is -0.345 e. The van der Waals surface area contributed by atoms with Gasteiger partial charge in [0.15, 0.2) is 0 Å². The maximum Gasteiger partial charge on any atom is 0.416 e. The molecule has 1 unspecified atom stereocenters. The Hall–Kier alpha value is -3.15. The normalized spacial score (nSPS) is 12.4. The highest BCUT2D eigenvalue weighted by atomic mass is 19.4. The fourth-order valence-electron chi connectivity index (χ4n) is 2.78. The second-order valence-corrected chi connectivity index (χ2v) is 6.10. The molecule has 0 aliphatic heterocycles. The van der Waals surface area contributed by atoms with Gasteiger partial charge < -0.3 is 5.32 Å². The Bertz CT molecular complexity index is 922. The van der Waals surface area contributed by atoms with Gasteiger partial charge in [0.2, 0.25) is 0 Å². The van der Waals surface area contributed by atoms with E-state index in [0.29, 0.717) is 16.7 Å². The number of nitrogens with zero attached hydrogens (tertiary/aromatic N) is 1. The first-order chi connectivity index (χ1) is 12.9. The molecule has 1 amide bonds. The van der Waals surface area contributed by atoms with E-state index in [1.54, 1.807) is 36.7 Å². The highest BCUT2D eigenvalue weighted by Crippen LogP contribution is 2.32. The molecular weight excluding hydrogens is 353 g/mol. The minimum absolute atomic E-state index is 0.235. The van der Waals surface area contributed by atoms with Crippen molar-refractivity contribution in [3.05, 3.63) is 89.7 Å². The van der Waals surface area contributed by atoms with Crippen LogP contribution >= 0.6 is 0 Å². The highest BCUT2D eigenvalue weighted by molar-refractivity contribution is 6.01. The summed E-state index contributed by atoms with van der Waals surface area (Å²) in [5.41, 5.74) is 1.71. The summed E-state index contributed by atoms with van der Waals surface area (Å²) in [7, 11) is 0. The van der Waals surface area contributed by atoms with Crippen LogP contribution in [0.2, 0.25) is 0 Å². The molecule has 0 radical (unpaired) electrons. The zero-order valence-corrected chi connectivity index (χ0v) is 14.5. The number of rotatable bonds is 4. The number of carbonyl (C=O) groups is 1. The molecule has 1 aromatic heterocycles. The Morgan fingerprint density at radius 2 is 1.59 bits per heavy atom. The highest BCUT2D eigenvalue weighted by Gasteiger charge is 2.30. The smallest absolute Gasteiger partial charge is 0.345 e.